The first-order valence-corrected chi connectivity index (χ1v) is 30.8. The van der Waals surface area contributed by atoms with Crippen molar-refractivity contribution in [3.63, 3.8) is 0 Å². The lowest BCUT2D eigenvalue weighted by Crippen LogP contribution is -2.47. The number of allylic oxidation sites excluding steroid dienone is 19. The fourth-order valence-electron chi connectivity index (χ4n) is 7.65. The van der Waals surface area contributed by atoms with Crippen LogP contribution in [0.25, 0.3) is 0 Å². The lowest BCUT2D eigenvalue weighted by molar-refractivity contribution is -0.870. The van der Waals surface area contributed by atoms with Crippen LogP contribution in [0.3, 0.4) is 0 Å². The summed E-state index contributed by atoms with van der Waals surface area (Å²) in [6, 6.07) is -0.919. The summed E-state index contributed by atoms with van der Waals surface area (Å²) < 4.78 is 30.2. The van der Waals surface area contributed by atoms with Crippen molar-refractivity contribution in [2.75, 3.05) is 40.9 Å². The molecule has 0 aliphatic carbocycles. The van der Waals surface area contributed by atoms with Gasteiger partial charge in [0.1, 0.15) is 19.3 Å². The second-order valence-corrected chi connectivity index (χ2v) is 21.8. The van der Waals surface area contributed by atoms with Crippen molar-refractivity contribution < 1.29 is 37.3 Å². The first kappa shape index (κ1) is 70.4. The van der Waals surface area contributed by atoms with Gasteiger partial charge in [0.2, 0.25) is 5.91 Å². The summed E-state index contributed by atoms with van der Waals surface area (Å²) in [4.78, 5) is 39.9. The molecule has 3 atom stereocenters. The summed E-state index contributed by atoms with van der Waals surface area (Å²) in [7, 11) is 1.13. The number of carbonyl (C=O) groups excluding carboxylic acids is 2. The Hall–Kier alpha value is -3.59. The van der Waals surface area contributed by atoms with Crippen LogP contribution >= 0.6 is 7.82 Å². The van der Waals surface area contributed by atoms with E-state index in [9.17, 15) is 19.0 Å². The zero-order valence-corrected chi connectivity index (χ0v) is 48.9. The van der Waals surface area contributed by atoms with Gasteiger partial charge in [0.25, 0.3) is 7.82 Å². The summed E-state index contributed by atoms with van der Waals surface area (Å²) in [6.45, 7) is 6.54. The van der Waals surface area contributed by atoms with Crippen LogP contribution in [0.4, 0.5) is 0 Å². The second kappa shape index (κ2) is 52.8. The van der Waals surface area contributed by atoms with Gasteiger partial charge in [-0.1, -0.05) is 213 Å². The molecular weight excluding hydrogens is 940 g/mol. The molecule has 0 saturated carbocycles. The van der Waals surface area contributed by atoms with Crippen LogP contribution in [-0.2, 0) is 27.9 Å². The molecule has 422 valence electrons. The van der Waals surface area contributed by atoms with E-state index in [-0.39, 0.29) is 31.3 Å². The van der Waals surface area contributed by atoms with Crippen molar-refractivity contribution in [3.05, 3.63) is 122 Å². The standard InChI is InChI=1S/C64H109N2O7P/c1-7-10-13-16-19-22-25-27-29-30-31-32-33-34-35-36-37-38-41-44-47-50-53-56-63(67)65-61(60-72-74(69,70)71-59-58-66(4,5)6)62(55-52-49-46-43-40-24-21-18-15-12-9-3)73-64(68)57-54-51-48-45-42-39-28-26-23-20-17-14-11-8-2/h10-11,13-14,19-20,22-23,27-29,31-32,34-35,37-39,52,55,61-62H,7-9,12,15-18,21,24-26,30,33,36,40-51,53-54,56-60H2,1-6H3,(H-,65,67,69,70)/b13-10-,14-11+,22-19-,23-20+,29-27-,32-31-,35-34-,38-37-,39-28+,55-52-. The van der Waals surface area contributed by atoms with Gasteiger partial charge >= 0.3 is 5.97 Å². The van der Waals surface area contributed by atoms with Crippen molar-refractivity contribution in [1.29, 1.82) is 0 Å². The van der Waals surface area contributed by atoms with Crippen LogP contribution in [0.15, 0.2) is 122 Å². The molecule has 1 amide bonds. The molecule has 0 bridgehead atoms. The largest absolute Gasteiger partial charge is 0.756 e. The number of likely N-dealkylation sites (N-methyl/N-ethyl adjacent to an activating group) is 1. The van der Waals surface area contributed by atoms with Gasteiger partial charge in [-0.3, -0.25) is 14.2 Å². The molecule has 10 heteroatoms. The first-order valence-electron chi connectivity index (χ1n) is 29.3. The fourth-order valence-corrected chi connectivity index (χ4v) is 8.38. The molecule has 0 aromatic rings. The number of unbranched alkanes of at least 4 members (excludes halogenated alkanes) is 17. The molecule has 0 aliphatic heterocycles. The highest BCUT2D eigenvalue weighted by Gasteiger charge is 2.27. The summed E-state index contributed by atoms with van der Waals surface area (Å²) in [6.07, 6.45) is 73.1. The Morgan fingerprint density at radius 1 is 0.486 bits per heavy atom. The minimum Gasteiger partial charge on any atom is -0.756 e. The quantitative estimate of drug-likeness (QED) is 0.0212. The number of esters is 1. The molecule has 0 radical (unpaired) electrons. The maximum atomic E-state index is 13.5. The van der Waals surface area contributed by atoms with E-state index in [1.54, 1.807) is 0 Å². The topological polar surface area (TPSA) is 114 Å². The van der Waals surface area contributed by atoms with E-state index >= 15 is 0 Å². The molecule has 0 aliphatic rings. The van der Waals surface area contributed by atoms with Gasteiger partial charge < -0.3 is 28.5 Å². The average Bonchev–Trinajstić information content (AvgIpc) is 3.36. The van der Waals surface area contributed by atoms with Crippen molar-refractivity contribution >= 4 is 19.7 Å². The highest BCUT2D eigenvalue weighted by Crippen LogP contribution is 2.38. The molecule has 0 fully saturated rings. The Kier molecular flexibility index (Phi) is 50.3. The number of amides is 1. The molecular formula is C64H109N2O7P. The van der Waals surface area contributed by atoms with Gasteiger partial charge in [-0.25, -0.2) is 0 Å². The monoisotopic (exact) mass is 1050 g/mol. The summed E-state index contributed by atoms with van der Waals surface area (Å²) in [5, 5.41) is 3.00. The predicted octanol–water partition coefficient (Wildman–Crippen LogP) is 17.3. The number of hydrogen-bond acceptors (Lipinski definition) is 7. The number of carbonyl (C=O) groups is 2. The Labute approximate surface area is 454 Å². The molecule has 0 heterocycles. The van der Waals surface area contributed by atoms with Crippen molar-refractivity contribution in [2.24, 2.45) is 0 Å². The van der Waals surface area contributed by atoms with Gasteiger partial charge in [-0.05, 0) is 115 Å². The molecule has 1 N–H and O–H groups in total. The number of hydrogen-bond donors (Lipinski definition) is 1. The third-order valence-corrected chi connectivity index (χ3v) is 13.1. The van der Waals surface area contributed by atoms with Crippen LogP contribution in [0.5, 0.6) is 0 Å². The molecule has 0 spiro atoms. The normalized spacial score (nSPS) is 14.6. The van der Waals surface area contributed by atoms with E-state index in [1.165, 1.54) is 44.9 Å². The number of nitrogens with zero attached hydrogens (tertiary/aromatic N) is 1. The summed E-state index contributed by atoms with van der Waals surface area (Å²) in [5.41, 5.74) is 0. The number of phosphoric acid groups is 1. The fraction of sp³-hybridized carbons (Fsp3) is 0.656. The van der Waals surface area contributed by atoms with Crippen LogP contribution in [-0.4, -0.2) is 69.4 Å². The van der Waals surface area contributed by atoms with Crippen molar-refractivity contribution in [1.82, 2.24) is 5.32 Å². The number of quaternary nitrogens is 1. The third-order valence-electron chi connectivity index (χ3n) is 12.1. The maximum Gasteiger partial charge on any atom is 0.306 e. The number of rotatable bonds is 51. The third kappa shape index (κ3) is 53.2. The SMILES string of the molecule is CC/C=C\C/C=C\C/C=C\C/C=C\C/C=C\C/C=C\CCCCCCC(=O)NC(COP(=O)([O-])OCC[N+](C)(C)C)C(/C=C\CCCCCCCCCCC)OC(=O)CCCCCC/C=C/C/C=C/C/C=C/CC. The Morgan fingerprint density at radius 2 is 0.865 bits per heavy atom. The Morgan fingerprint density at radius 3 is 1.30 bits per heavy atom. The molecule has 0 aromatic heterocycles. The zero-order chi connectivity index (χ0) is 54.3. The van der Waals surface area contributed by atoms with Gasteiger partial charge in [0, 0.05) is 12.8 Å². The highest BCUT2D eigenvalue weighted by molar-refractivity contribution is 7.45. The minimum atomic E-state index is -4.72. The number of nitrogens with one attached hydrogen (secondary N) is 1. The minimum absolute atomic E-state index is 0.0384. The van der Waals surface area contributed by atoms with Gasteiger partial charge in [0.05, 0.1) is 33.8 Å². The van der Waals surface area contributed by atoms with Crippen LogP contribution < -0.4 is 10.2 Å². The van der Waals surface area contributed by atoms with E-state index < -0.39 is 26.6 Å². The van der Waals surface area contributed by atoms with Gasteiger partial charge in [-0.15, -0.1) is 0 Å². The maximum absolute atomic E-state index is 13.5. The first-order chi connectivity index (χ1) is 35.9. The van der Waals surface area contributed by atoms with Crippen LogP contribution in [0.2, 0.25) is 0 Å². The highest BCUT2D eigenvalue weighted by atomic mass is 31.2. The summed E-state index contributed by atoms with van der Waals surface area (Å²) >= 11 is 0. The van der Waals surface area contributed by atoms with Crippen molar-refractivity contribution in [2.45, 2.75) is 232 Å². The number of ether oxygens (including phenoxy) is 1. The molecule has 74 heavy (non-hydrogen) atoms. The second-order valence-electron chi connectivity index (χ2n) is 20.4. The molecule has 0 saturated heterocycles. The van der Waals surface area contributed by atoms with Gasteiger partial charge in [0.15, 0.2) is 0 Å². The lowest BCUT2D eigenvalue weighted by Gasteiger charge is -2.30. The zero-order valence-electron chi connectivity index (χ0n) is 48.0. The number of phosphoric ester groups is 1. The van der Waals surface area contributed by atoms with Crippen LogP contribution in [0.1, 0.15) is 220 Å². The van der Waals surface area contributed by atoms with Crippen LogP contribution in [0, 0.1) is 0 Å². The predicted molar refractivity (Wildman–Crippen MR) is 316 cm³/mol. The van der Waals surface area contributed by atoms with E-state index in [4.69, 9.17) is 13.8 Å². The van der Waals surface area contributed by atoms with E-state index in [0.717, 1.165) is 128 Å². The Balaban J connectivity index is 5.33. The molecule has 9 nitrogen and oxygen atoms in total. The van der Waals surface area contributed by atoms with E-state index in [1.807, 2.05) is 33.3 Å². The molecule has 0 rings (SSSR count). The smallest absolute Gasteiger partial charge is 0.306 e. The average molecular weight is 1050 g/mol. The van der Waals surface area contributed by atoms with E-state index in [0.29, 0.717) is 23.9 Å². The van der Waals surface area contributed by atoms with E-state index in [2.05, 4.69) is 135 Å². The van der Waals surface area contributed by atoms with Gasteiger partial charge in [-0.2, -0.15) is 0 Å². The Bertz CT molecular complexity index is 1680. The lowest BCUT2D eigenvalue weighted by atomic mass is 10.1. The van der Waals surface area contributed by atoms with Crippen molar-refractivity contribution in [3.8, 4) is 0 Å². The molecule has 3 unspecified atom stereocenters. The summed E-state index contributed by atoms with van der Waals surface area (Å²) in [5.74, 6) is -0.608. The molecule has 0 aromatic carbocycles.